The standard InChI is InChI=1S/C14H14N4O2/c1-9-13(20-10(2)16-9)14(19)18-12-7-3-5-11(17-12)6-4-8-15/h3,5,7H,8,15H2,1-2H3,(H,17,18,19). The zero-order valence-electron chi connectivity index (χ0n) is 11.2. The van der Waals surface area contributed by atoms with Gasteiger partial charge in [0.1, 0.15) is 11.5 Å². The molecule has 0 saturated carbocycles. The van der Waals surface area contributed by atoms with E-state index in [-0.39, 0.29) is 18.2 Å². The lowest BCUT2D eigenvalue weighted by atomic mass is 10.3. The molecule has 2 aromatic rings. The summed E-state index contributed by atoms with van der Waals surface area (Å²) in [6, 6.07) is 5.16. The van der Waals surface area contributed by atoms with Crippen molar-refractivity contribution in [2.75, 3.05) is 11.9 Å². The van der Waals surface area contributed by atoms with Crippen LogP contribution in [0.1, 0.15) is 27.8 Å². The number of carbonyl (C=O) groups is 1. The Morgan fingerprint density at radius 3 is 2.85 bits per heavy atom. The number of oxazole rings is 1. The molecule has 0 bridgehead atoms. The first kappa shape index (κ1) is 13.8. The maximum atomic E-state index is 12.0. The molecule has 1 amide bonds. The summed E-state index contributed by atoms with van der Waals surface area (Å²) in [5, 5.41) is 2.65. The highest BCUT2D eigenvalue weighted by atomic mass is 16.4. The van der Waals surface area contributed by atoms with Crippen LogP contribution >= 0.6 is 0 Å². The van der Waals surface area contributed by atoms with Crippen molar-refractivity contribution in [2.45, 2.75) is 13.8 Å². The average molecular weight is 270 g/mol. The lowest BCUT2D eigenvalue weighted by Gasteiger charge is -2.02. The van der Waals surface area contributed by atoms with Crippen LogP contribution in [0.2, 0.25) is 0 Å². The van der Waals surface area contributed by atoms with Crippen molar-refractivity contribution in [3.8, 4) is 11.8 Å². The zero-order valence-corrected chi connectivity index (χ0v) is 11.2. The van der Waals surface area contributed by atoms with E-state index in [1.807, 2.05) is 0 Å². The van der Waals surface area contributed by atoms with Crippen molar-refractivity contribution in [3.05, 3.63) is 41.2 Å². The molecule has 0 aliphatic heterocycles. The monoisotopic (exact) mass is 270 g/mol. The minimum atomic E-state index is -0.389. The molecule has 3 N–H and O–H groups in total. The molecule has 0 fully saturated rings. The predicted octanol–water partition coefficient (Wildman–Crippen LogP) is 1.25. The third kappa shape index (κ3) is 3.22. The fraction of sp³-hybridized carbons (Fsp3) is 0.214. The minimum absolute atomic E-state index is 0.183. The van der Waals surface area contributed by atoms with Crippen LogP contribution in [-0.2, 0) is 0 Å². The Morgan fingerprint density at radius 1 is 1.40 bits per heavy atom. The van der Waals surface area contributed by atoms with Crippen LogP contribution < -0.4 is 11.1 Å². The van der Waals surface area contributed by atoms with Gasteiger partial charge in [0, 0.05) is 6.92 Å². The Kier molecular flexibility index (Phi) is 4.13. The van der Waals surface area contributed by atoms with E-state index in [0.717, 1.165) is 0 Å². The highest BCUT2D eigenvalue weighted by Crippen LogP contribution is 2.12. The third-order valence-corrected chi connectivity index (χ3v) is 2.42. The topological polar surface area (TPSA) is 94.0 Å². The molecule has 0 atom stereocenters. The molecule has 0 aliphatic rings. The number of rotatable bonds is 2. The number of aromatic nitrogens is 2. The number of carbonyl (C=O) groups excluding carboxylic acids is 1. The molecular weight excluding hydrogens is 256 g/mol. The number of pyridine rings is 1. The van der Waals surface area contributed by atoms with Crippen molar-refractivity contribution in [2.24, 2.45) is 5.73 Å². The van der Waals surface area contributed by atoms with Gasteiger partial charge in [-0.05, 0) is 25.0 Å². The van der Waals surface area contributed by atoms with E-state index in [1.54, 1.807) is 32.0 Å². The van der Waals surface area contributed by atoms with Gasteiger partial charge in [-0.3, -0.25) is 4.79 Å². The Labute approximate surface area is 116 Å². The molecule has 0 unspecified atom stereocenters. The molecule has 102 valence electrons. The molecule has 0 aliphatic carbocycles. The molecule has 6 heteroatoms. The molecular formula is C14H14N4O2. The van der Waals surface area contributed by atoms with Gasteiger partial charge in [0.2, 0.25) is 5.76 Å². The van der Waals surface area contributed by atoms with E-state index >= 15 is 0 Å². The van der Waals surface area contributed by atoms with Gasteiger partial charge in [-0.15, -0.1) is 0 Å². The summed E-state index contributed by atoms with van der Waals surface area (Å²) in [5.41, 5.74) is 6.38. The van der Waals surface area contributed by atoms with Crippen LogP contribution in [-0.4, -0.2) is 22.4 Å². The van der Waals surface area contributed by atoms with Gasteiger partial charge in [-0.25, -0.2) is 9.97 Å². The van der Waals surface area contributed by atoms with Crippen LogP contribution in [0.5, 0.6) is 0 Å². The van der Waals surface area contributed by atoms with Gasteiger partial charge in [0.15, 0.2) is 5.89 Å². The van der Waals surface area contributed by atoms with Gasteiger partial charge >= 0.3 is 0 Å². The summed E-state index contributed by atoms with van der Waals surface area (Å²) in [6.45, 7) is 3.65. The SMILES string of the molecule is Cc1nc(C)c(C(=O)Nc2cccc(C#CCN)n2)o1. The Balaban J connectivity index is 2.17. The molecule has 0 saturated heterocycles. The third-order valence-electron chi connectivity index (χ3n) is 2.42. The van der Waals surface area contributed by atoms with Gasteiger partial charge in [-0.2, -0.15) is 0 Å². The number of anilines is 1. The van der Waals surface area contributed by atoms with Crippen LogP contribution in [0, 0.1) is 25.7 Å². The summed E-state index contributed by atoms with van der Waals surface area (Å²) in [6.07, 6.45) is 0. The van der Waals surface area contributed by atoms with E-state index in [1.165, 1.54) is 0 Å². The Bertz CT molecular complexity index is 695. The summed E-state index contributed by atoms with van der Waals surface area (Å²) in [7, 11) is 0. The van der Waals surface area contributed by atoms with Gasteiger partial charge < -0.3 is 15.5 Å². The van der Waals surface area contributed by atoms with E-state index in [2.05, 4.69) is 27.1 Å². The van der Waals surface area contributed by atoms with Crippen LogP contribution in [0.3, 0.4) is 0 Å². The maximum Gasteiger partial charge on any atom is 0.294 e. The molecule has 0 spiro atoms. The normalized spacial score (nSPS) is 9.75. The van der Waals surface area contributed by atoms with Gasteiger partial charge in [0.25, 0.3) is 5.91 Å². The van der Waals surface area contributed by atoms with Gasteiger partial charge in [0.05, 0.1) is 12.2 Å². The first-order chi connectivity index (χ1) is 9.60. The molecule has 0 radical (unpaired) electrons. The number of hydrogen-bond donors (Lipinski definition) is 2. The second-order valence-corrected chi connectivity index (χ2v) is 4.02. The maximum absolute atomic E-state index is 12.0. The van der Waals surface area contributed by atoms with Crippen LogP contribution in [0.4, 0.5) is 5.82 Å². The molecule has 0 aromatic carbocycles. The second kappa shape index (κ2) is 5.99. The number of nitrogens with two attached hydrogens (primary N) is 1. The largest absolute Gasteiger partial charge is 0.436 e. The smallest absolute Gasteiger partial charge is 0.294 e. The molecule has 2 aromatic heterocycles. The van der Waals surface area contributed by atoms with Crippen molar-refractivity contribution >= 4 is 11.7 Å². The minimum Gasteiger partial charge on any atom is -0.436 e. The van der Waals surface area contributed by atoms with Gasteiger partial charge in [-0.1, -0.05) is 12.0 Å². The van der Waals surface area contributed by atoms with Crippen LogP contribution in [0.15, 0.2) is 22.6 Å². The molecule has 2 heterocycles. The van der Waals surface area contributed by atoms with Crippen LogP contribution in [0.25, 0.3) is 0 Å². The fourth-order valence-electron chi connectivity index (χ4n) is 1.63. The molecule has 6 nitrogen and oxygen atoms in total. The molecule has 20 heavy (non-hydrogen) atoms. The van der Waals surface area contributed by atoms with E-state index in [4.69, 9.17) is 10.2 Å². The van der Waals surface area contributed by atoms with Crippen molar-refractivity contribution in [1.82, 2.24) is 9.97 Å². The van der Waals surface area contributed by atoms with Crippen molar-refractivity contribution in [1.29, 1.82) is 0 Å². The predicted molar refractivity (Wildman–Crippen MR) is 74.1 cm³/mol. The number of nitrogens with one attached hydrogen (secondary N) is 1. The lowest BCUT2D eigenvalue weighted by Crippen LogP contribution is -2.13. The number of nitrogens with zero attached hydrogens (tertiary/aromatic N) is 2. The molecule has 2 rings (SSSR count). The Hall–Kier alpha value is -2.65. The van der Waals surface area contributed by atoms with Crippen molar-refractivity contribution < 1.29 is 9.21 Å². The number of amides is 1. The number of hydrogen-bond acceptors (Lipinski definition) is 5. The first-order valence-electron chi connectivity index (χ1n) is 6.01. The van der Waals surface area contributed by atoms with Crippen molar-refractivity contribution in [3.63, 3.8) is 0 Å². The lowest BCUT2D eigenvalue weighted by molar-refractivity contribution is 0.0994. The summed E-state index contributed by atoms with van der Waals surface area (Å²) >= 11 is 0. The average Bonchev–Trinajstić information content (AvgIpc) is 2.76. The fourth-order valence-corrected chi connectivity index (χ4v) is 1.63. The van der Waals surface area contributed by atoms with E-state index in [9.17, 15) is 4.79 Å². The number of aryl methyl sites for hydroxylation is 2. The summed E-state index contributed by atoms with van der Waals surface area (Å²) in [4.78, 5) is 20.3. The zero-order chi connectivity index (χ0) is 14.5. The quantitative estimate of drug-likeness (QED) is 0.801. The first-order valence-corrected chi connectivity index (χ1v) is 6.01. The summed E-state index contributed by atoms with van der Waals surface area (Å²) in [5.74, 6) is 6.14. The Morgan fingerprint density at radius 2 is 2.20 bits per heavy atom. The highest BCUT2D eigenvalue weighted by molar-refractivity contribution is 6.02. The second-order valence-electron chi connectivity index (χ2n) is 4.02. The van der Waals surface area contributed by atoms with E-state index < -0.39 is 0 Å². The highest BCUT2D eigenvalue weighted by Gasteiger charge is 2.16. The van der Waals surface area contributed by atoms with E-state index in [0.29, 0.717) is 23.1 Å². The summed E-state index contributed by atoms with van der Waals surface area (Å²) < 4.78 is 5.25.